The Morgan fingerprint density at radius 2 is 1.36 bits per heavy atom. The lowest BCUT2D eigenvalue weighted by Gasteiger charge is -2.13. The summed E-state index contributed by atoms with van der Waals surface area (Å²) in [7, 11) is 0. The van der Waals surface area contributed by atoms with E-state index in [1.54, 1.807) is 0 Å². The zero-order chi connectivity index (χ0) is 19.9. The van der Waals surface area contributed by atoms with Gasteiger partial charge < -0.3 is 10.2 Å². The van der Waals surface area contributed by atoms with Crippen LogP contribution in [-0.4, -0.2) is 23.4 Å². The van der Waals surface area contributed by atoms with E-state index in [0.717, 1.165) is 19.3 Å². The average molecular weight is 375 g/mol. The van der Waals surface area contributed by atoms with E-state index in [9.17, 15) is 10.2 Å². The third-order valence-corrected chi connectivity index (χ3v) is 5.49. The van der Waals surface area contributed by atoms with Gasteiger partial charge >= 0.3 is 0 Å². The summed E-state index contributed by atoms with van der Waals surface area (Å²) in [6, 6.07) is 24.1. The lowest BCUT2D eigenvalue weighted by Crippen LogP contribution is -2.11. The molecule has 146 valence electrons. The first kappa shape index (κ1) is 20.3. The second kappa shape index (κ2) is 9.68. The molecule has 3 rings (SSSR count). The fraction of sp³-hybridized carbons (Fsp3) is 0.308. The van der Waals surface area contributed by atoms with Gasteiger partial charge in [0.05, 0.1) is 0 Å². The summed E-state index contributed by atoms with van der Waals surface area (Å²) in [6.07, 6.45) is 2.67. The topological polar surface area (TPSA) is 40.5 Å². The van der Waals surface area contributed by atoms with Gasteiger partial charge in [-0.3, -0.25) is 0 Å². The Morgan fingerprint density at radius 3 is 1.96 bits per heavy atom. The van der Waals surface area contributed by atoms with E-state index >= 15 is 0 Å². The molecule has 0 fully saturated rings. The largest absolute Gasteiger partial charge is 0.396 e. The minimum absolute atomic E-state index is 0.0271. The first-order valence-electron chi connectivity index (χ1n) is 10.2. The number of aliphatic hydroxyl groups excluding tert-OH is 2. The Balaban J connectivity index is 1.80. The van der Waals surface area contributed by atoms with Crippen LogP contribution in [0.15, 0.2) is 66.7 Å². The van der Waals surface area contributed by atoms with Crippen molar-refractivity contribution < 1.29 is 10.2 Å². The standard InChI is InChI=1S/C26H30O2/c1-3-22-16-25(23-10-4-19(2)5-11-23)14-15-26(22)24-12-8-20(9-13-24)6-7-21(17-27)18-28/h4-5,8-16,21,27-28H,3,6-7,17-18H2,1-2H3. The van der Waals surface area contributed by atoms with Gasteiger partial charge in [0.2, 0.25) is 0 Å². The van der Waals surface area contributed by atoms with Crippen molar-refractivity contribution in [2.24, 2.45) is 5.92 Å². The molecule has 0 atom stereocenters. The van der Waals surface area contributed by atoms with Crippen molar-refractivity contribution in [1.29, 1.82) is 0 Å². The van der Waals surface area contributed by atoms with Crippen molar-refractivity contribution in [3.05, 3.63) is 83.4 Å². The molecule has 0 bridgehead atoms. The van der Waals surface area contributed by atoms with E-state index in [-0.39, 0.29) is 19.1 Å². The lowest BCUT2D eigenvalue weighted by molar-refractivity contribution is 0.144. The van der Waals surface area contributed by atoms with Crippen LogP contribution < -0.4 is 0 Å². The van der Waals surface area contributed by atoms with E-state index in [1.807, 2.05) is 0 Å². The summed E-state index contributed by atoms with van der Waals surface area (Å²) in [4.78, 5) is 0. The summed E-state index contributed by atoms with van der Waals surface area (Å²) in [5, 5.41) is 18.4. The highest BCUT2D eigenvalue weighted by atomic mass is 16.3. The zero-order valence-electron chi connectivity index (χ0n) is 16.9. The number of hydrogen-bond acceptors (Lipinski definition) is 2. The van der Waals surface area contributed by atoms with Crippen molar-refractivity contribution in [2.45, 2.75) is 33.1 Å². The number of rotatable bonds is 8. The van der Waals surface area contributed by atoms with E-state index in [2.05, 4.69) is 80.6 Å². The van der Waals surface area contributed by atoms with Gasteiger partial charge in [0.1, 0.15) is 0 Å². The van der Waals surface area contributed by atoms with E-state index in [4.69, 9.17) is 0 Å². The van der Waals surface area contributed by atoms with Crippen molar-refractivity contribution in [1.82, 2.24) is 0 Å². The van der Waals surface area contributed by atoms with Gasteiger partial charge in [-0.25, -0.2) is 0 Å². The highest BCUT2D eigenvalue weighted by Crippen LogP contribution is 2.30. The Kier molecular flexibility index (Phi) is 7.02. The molecule has 0 unspecified atom stereocenters. The molecule has 28 heavy (non-hydrogen) atoms. The predicted octanol–water partition coefficient (Wildman–Crippen LogP) is 5.42. The first-order valence-corrected chi connectivity index (χ1v) is 10.2. The molecular formula is C26H30O2. The average Bonchev–Trinajstić information content (AvgIpc) is 2.75. The predicted molar refractivity (Wildman–Crippen MR) is 117 cm³/mol. The van der Waals surface area contributed by atoms with Crippen LogP contribution in [0.5, 0.6) is 0 Å². The molecule has 0 aliphatic heterocycles. The second-order valence-corrected chi connectivity index (χ2v) is 7.56. The highest BCUT2D eigenvalue weighted by molar-refractivity contribution is 5.74. The molecule has 0 aliphatic carbocycles. The molecule has 0 spiro atoms. The molecule has 0 aliphatic rings. The molecule has 0 saturated heterocycles. The van der Waals surface area contributed by atoms with E-state index < -0.39 is 0 Å². The first-order chi connectivity index (χ1) is 13.6. The lowest BCUT2D eigenvalue weighted by atomic mass is 9.92. The van der Waals surface area contributed by atoms with Gasteiger partial charge in [0.25, 0.3) is 0 Å². The highest BCUT2D eigenvalue weighted by Gasteiger charge is 2.09. The molecular weight excluding hydrogens is 344 g/mol. The van der Waals surface area contributed by atoms with E-state index in [1.165, 1.54) is 38.9 Å². The Bertz CT molecular complexity index is 875. The normalized spacial score (nSPS) is 11.2. The van der Waals surface area contributed by atoms with Crippen molar-refractivity contribution in [3.63, 3.8) is 0 Å². The van der Waals surface area contributed by atoms with Crippen LogP contribution in [0.25, 0.3) is 22.3 Å². The van der Waals surface area contributed by atoms with E-state index in [0.29, 0.717) is 0 Å². The van der Waals surface area contributed by atoms with Gasteiger partial charge in [-0.15, -0.1) is 0 Å². The molecule has 0 aromatic heterocycles. The molecule has 0 saturated carbocycles. The van der Waals surface area contributed by atoms with Crippen LogP contribution in [0.2, 0.25) is 0 Å². The van der Waals surface area contributed by atoms with Gasteiger partial charge in [0.15, 0.2) is 0 Å². The quantitative estimate of drug-likeness (QED) is 0.552. The van der Waals surface area contributed by atoms with Crippen LogP contribution >= 0.6 is 0 Å². The molecule has 3 aromatic carbocycles. The third kappa shape index (κ3) is 4.89. The number of hydrogen-bond donors (Lipinski definition) is 2. The molecule has 2 nitrogen and oxygen atoms in total. The van der Waals surface area contributed by atoms with Crippen molar-refractivity contribution in [3.8, 4) is 22.3 Å². The molecule has 3 aromatic rings. The Morgan fingerprint density at radius 1 is 0.750 bits per heavy atom. The minimum Gasteiger partial charge on any atom is -0.396 e. The molecule has 2 heteroatoms. The van der Waals surface area contributed by atoms with Crippen molar-refractivity contribution >= 4 is 0 Å². The van der Waals surface area contributed by atoms with Gasteiger partial charge in [-0.1, -0.05) is 79.2 Å². The van der Waals surface area contributed by atoms with Gasteiger partial charge in [-0.2, -0.15) is 0 Å². The number of benzene rings is 3. The fourth-order valence-electron chi connectivity index (χ4n) is 3.56. The summed E-state index contributed by atoms with van der Waals surface area (Å²) in [5.41, 5.74) is 8.91. The Labute approximate surface area is 168 Å². The summed E-state index contributed by atoms with van der Waals surface area (Å²) >= 11 is 0. The second-order valence-electron chi connectivity index (χ2n) is 7.56. The third-order valence-electron chi connectivity index (χ3n) is 5.49. The molecule has 0 amide bonds. The van der Waals surface area contributed by atoms with Crippen LogP contribution in [0.4, 0.5) is 0 Å². The van der Waals surface area contributed by atoms with Crippen LogP contribution in [0.1, 0.15) is 30.0 Å². The Hall–Kier alpha value is -2.42. The van der Waals surface area contributed by atoms with Gasteiger partial charge in [0, 0.05) is 19.1 Å². The SMILES string of the molecule is CCc1cc(-c2ccc(C)cc2)ccc1-c1ccc(CCC(CO)CO)cc1. The summed E-state index contributed by atoms with van der Waals surface area (Å²) in [5.74, 6) is -0.0271. The smallest absolute Gasteiger partial charge is 0.0481 e. The summed E-state index contributed by atoms with van der Waals surface area (Å²) in [6.45, 7) is 4.40. The van der Waals surface area contributed by atoms with Crippen LogP contribution in [0.3, 0.4) is 0 Å². The van der Waals surface area contributed by atoms with Crippen LogP contribution in [0, 0.1) is 12.8 Å². The van der Waals surface area contributed by atoms with Crippen molar-refractivity contribution in [2.75, 3.05) is 13.2 Å². The summed E-state index contributed by atoms with van der Waals surface area (Å²) < 4.78 is 0. The molecule has 0 radical (unpaired) electrons. The minimum atomic E-state index is -0.0271. The maximum atomic E-state index is 9.21. The monoisotopic (exact) mass is 374 g/mol. The molecule has 2 N–H and O–H groups in total. The van der Waals surface area contributed by atoms with Gasteiger partial charge in [-0.05, 0) is 59.6 Å². The number of aryl methyl sites for hydroxylation is 3. The maximum absolute atomic E-state index is 9.21. The fourth-order valence-corrected chi connectivity index (χ4v) is 3.56. The molecule has 0 heterocycles. The van der Waals surface area contributed by atoms with Crippen LogP contribution in [-0.2, 0) is 12.8 Å². The maximum Gasteiger partial charge on any atom is 0.0481 e. The zero-order valence-corrected chi connectivity index (χ0v) is 16.9. The number of aliphatic hydroxyl groups is 2.